The molecule has 2 rings (SSSR count). The molecule has 0 atom stereocenters. The molecule has 1 aliphatic rings. The van der Waals surface area contributed by atoms with Gasteiger partial charge in [0.05, 0.1) is 10.5 Å². The molecule has 1 aromatic carbocycles. The zero-order valence-electron chi connectivity index (χ0n) is 9.49. The number of ether oxygens (including phenoxy) is 1. The SMILES string of the molecule is NC(N)=NC(=O)c1ccc2c(c1)C(=O)OCS2(=O)=O. The highest BCUT2D eigenvalue weighted by molar-refractivity contribution is 7.91. The molecule has 1 aromatic rings. The number of benzene rings is 1. The van der Waals surface area contributed by atoms with E-state index in [0.717, 1.165) is 12.1 Å². The maximum absolute atomic E-state index is 11.6. The fourth-order valence-electron chi connectivity index (χ4n) is 1.55. The maximum Gasteiger partial charge on any atom is 0.340 e. The van der Waals surface area contributed by atoms with Gasteiger partial charge in [0.1, 0.15) is 0 Å². The third-order valence-electron chi connectivity index (χ3n) is 2.36. The summed E-state index contributed by atoms with van der Waals surface area (Å²) in [6, 6.07) is 3.47. The molecular weight excluding hydrogens is 274 g/mol. The molecule has 100 valence electrons. The summed E-state index contributed by atoms with van der Waals surface area (Å²) in [5, 5.41) is 0. The molecule has 0 saturated carbocycles. The lowest BCUT2D eigenvalue weighted by atomic mass is 10.1. The molecule has 1 heterocycles. The average Bonchev–Trinajstić information content (AvgIpc) is 2.33. The number of nitrogens with two attached hydrogens (primary N) is 2. The van der Waals surface area contributed by atoms with Gasteiger partial charge >= 0.3 is 5.97 Å². The van der Waals surface area contributed by atoms with Crippen molar-refractivity contribution in [3.05, 3.63) is 29.3 Å². The number of carbonyl (C=O) groups excluding carboxylic acids is 2. The van der Waals surface area contributed by atoms with E-state index in [1.54, 1.807) is 0 Å². The lowest BCUT2D eigenvalue weighted by Gasteiger charge is -2.16. The highest BCUT2D eigenvalue weighted by atomic mass is 32.2. The topological polar surface area (TPSA) is 142 Å². The van der Waals surface area contributed by atoms with Crippen molar-refractivity contribution in [1.29, 1.82) is 0 Å². The minimum Gasteiger partial charge on any atom is -0.445 e. The van der Waals surface area contributed by atoms with Gasteiger partial charge in [0.15, 0.2) is 11.9 Å². The number of cyclic esters (lactones) is 1. The van der Waals surface area contributed by atoms with Gasteiger partial charge in [0.2, 0.25) is 9.84 Å². The normalized spacial score (nSPS) is 16.1. The second kappa shape index (κ2) is 4.35. The van der Waals surface area contributed by atoms with Gasteiger partial charge in [-0.15, -0.1) is 0 Å². The third kappa shape index (κ3) is 2.40. The molecule has 1 amide bonds. The first kappa shape index (κ1) is 13.0. The summed E-state index contributed by atoms with van der Waals surface area (Å²) in [5.74, 6) is -2.74. The molecule has 0 unspecified atom stereocenters. The fourth-order valence-corrected chi connectivity index (χ4v) is 2.69. The van der Waals surface area contributed by atoms with E-state index in [0.29, 0.717) is 0 Å². The number of guanidine groups is 1. The van der Waals surface area contributed by atoms with Crippen LogP contribution in [0.4, 0.5) is 0 Å². The molecule has 0 aromatic heterocycles. The first-order valence-corrected chi connectivity index (χ1v) is 6.64. The Bertz CT molecular complexity index is 704. The second-order valence-corrected chi connectivity index (χ2v) is 5.62. The van der Waals surface area contributed by atoms with E-state index in [9.17, 15) is 18.0 Å². The summed E-state index contributed by atoms with van der Waals surface area (Å²) in [4.78, 5) is 26.2. The average molecular weight is 283 g/mol. The Labute approximate surface area is 108 Å². The van der Waals surface area contributed by atoms with Crippen LogP contribution < -0.4 is 11.5 Å². The van der Waals surface area contributed by atoms with Crippen molar-refractivity contribution in [2.45, 2.75) is 4.90 Å². The molecule has 8 nitrogen and oxygen atoms in total. The zero-order chi connectivity index (χ0) is 14.2. The highest BCUT2D eigenvalue weighted by Crippen LogP contribution is 2.24. The monoisotopic (exact) mass is 283 g/mol. The Hall–Kier alpha value is -2.42. The van der Waals surface area contributed by atoms with Crippen LogP contribution in [-0.2, 0) is 14.6 Å². The summed E-state index contributed by atoms with van der Waals surface area (Å²) in [7, 11) is -3.68. The van der Waals surface area contributed by atoms with E-state index in [1.165, 1.54) is 6.07 Å². The Morgan fingerprint density at radius 3 is 2.63 bits per heavy atom. The molecule has 0 saturated heterocycles. The fraction of sp³-hybridized carbons (Fsp3) is 0.100. The molecular formula is C10H9N3O5S. The van der Waals surface area contributed by atoms with Gasteiger partial charge < -0.3 is 16.2 Å². The van der Waals surface area contributed by atoms with E-state index in [1.807, 2.05) is 0 Å². The smallest absolute Gasteiger partial charge is 0.340 e. The van der Waals surface area contributed by atoms with Gasteiger partial charge in [-0.05, 0) is 18.2 Å². The van der Waals surface area contributed by atoms with E-state index in [2.05, 4.69) is 9.73 Å². The van der Waals surface area contributed by atoms with Crippen molar-refractivity contribution < 1.29 is 22.7 Å². The van der Waals surface area contributed by atoms with Crippen LogP contribution in [0.5, 0.6) is 0 Å². The first-order valence-electron chi connectivity index (χ1n) is 4.99. The number of carbonyl (C=O) groups is 2. The highest BCUT2D eigenvalue weighted by Gasteiger charge is 2.31. The number of sulfone groups is 1. The van der Waals surface area contributed by atoms with E-state index < -0.39 is 33.6 Å². The quantitative estimate of drug-likeness (QED) is 0.382. The number of aliphatic imine (C=N–C) groups is 1. The van der Waals surface area contributed by atoms with Gasteiger partial charge in [-0.1, -0.05) is 0 Å². The lowest BCUT2D eigenvalue weighted by molar-refractivity contribution is 0.0555. The van der Waals surface area contributed by atoms with Gasteiger partial charge in [0.25, 0.3) is 5.91 Å². The molecule has 0 radical (unpaired) electrons. The third-order valence-corrected chi connectivity index (χ3v) is 3.81. The maximum atomic E-state index is 11.6. The lowest BCUT2D eigenvalue weighted by Crippen LogP contribution is -2.25. The van der Waals surface area contributed by atoms with E-state index in [-0.39, 0.29) is 16.0 Å². The van der Waals surface area contributed by atoms with Crippen molar-refractivity contribution >= 4 is 27.7 Å². The van der Waals surface area contributed by atoms with E-state index in [4.69, 9.17) is 11.5 Å². The molecule has 1 aliphatic heterocycles. The molecule has 0 bridgehead atoms. The van der Waals surface area contributed by atoms with Gasteiger partial charge in [-0.3, -0.25) is 4.79 Å². The van der Waals surface area contributed by atoms with Crippen LogP contribution in [0.25, 0.3) is 0 Å². The van der Waals surface area contributed by atoms with Crippen molar-refractivity contribution in [3.63, 3.8) is 0 Å². The van der Waals surface area contributed by atoms with Crippen molar-refractivity contribution in [3.8, 4) is 0 Å². The summed E-state index contributed by atoms with van der Waals surface area (Å²) in [6.45, 7) is 0. The number of rotatable bonds is 1. The number of nitrogens with zero attached hydrogens (tertiary/aromatic N) is 1. The minimum absolute atomic E-state index is 0.0128. The van der Waals surface area contributed by atoms with E-state index >= 15 is 0 Å². The van der Waals surface area contributed by atoms with Crippen molar-refractivity contribution in [1.82, 2.24) is 0 Å². The van der Waals surface area contributed by atoms with Crippen LogP contribution in [0.2, 0.25) is 0 Å². The molecule has 0 spiro atoms. The van der Waals surface area contributed by atoms with Crippen LogP contribution >= 0.6 is 0 Å². The number of amides is 1. The van der Waals surface area contributed by atoms with Gasteiger partial charge in [-0.25, -0.2) is 13.2 Å². The van der Waals surface area contributed by atoms with Gasteiger partial charge in [0, 0.05) is 5.56 Å². The van der Waals surface area contributed by atoms with Crippen LogP contribution in [0, 0.1) is 0 Å². The zero-order valence-corrected chi connectivity index (χ0v) is 10.3. The Morgan fingerprint density at radius 1 is 1.32 bits per heavy atom. The Balaban J connectivity index is 2.56. The standard InChI is InChI=1S/C10H9N3O5S/c11-10(12)13-8(14)5-1-2-7-6(3-5)9(15)18-4-19(7,16)17/h1-3H,4H2,(H4,11,12,13,14). The Kier molecular flexibility index (Phi) is 2.98. The predicted molar refractivity (Wildman–Crippen MR) is 64.1 cm³/mol. The van der Waals surface area contributed by atoms with Crippen LogP contribution in [0.15, 0.2) is 28.1 Å². The number of hydrogen-bond acceptors (Lipinski definition) is 5. The summed E-state index contributed by atoms with van der Waals surface area (Å²) in [5.41, 5.74) is 9.90. The summed E-state index contributed by atoms with van der Waals surface area (Å²) < 4.78 is 27.8. The van der Waals surface area contributed by atoms with Crippen molar-refractivity contribution in [2.24, 2.45) is 16.5 Å². The molecule has 19 heavy (non-hydrogen) atoms. The number of esters is 1. The number of fused-ring (bicyclic) bond motifs is 1. The molecule has 0 fully saturated rings. The second-order valence-electron chi connectivity index (χ2n) is 3.72. The molecule has 4 N–H and O–H groups in total. The number of hydrogen-bond donors (Lipinski definition) is 2. The first-order chi connectivity index (χ1) is 8.81. The minimum atomic E-state index is -3.68. The van der Waals surface area contributed by atoms with Crippen LogP contribution in [-0.4, -0.2) is 32.2 Å². The van der Waals surface area contributed by atoms with Crippen molar-refractivity contribution in [2.75, 3.05) is 5.94 Å². The largest absolute Gasteiger partial charge is 0.445 e. The summed E-state index contributed by atoms with van der Waals surface area (Å²) >= 11 is 0. The summed E-state index contributed by atoms with van der Waals surface area (Å²) in [6.07, 6.45) is 0. The van der Waals surface area contributed by atoms with Gasteiger partial charge in [-0.2, -0.15) is 4.99 Å². The van der Waals surface area contributed by atoms with Crippen LogP contribution in [0.1, 0.15) is 20.7 Å². The molecule has 0 aliphatic carbocycles. The predicted octanol–water partition coefficient (Wildman–Crippen LogP) is -0.998. The molecule has 9 heteroatoms. The van der Waals surface area contributed by atoms with Crippen LogP contribution in [0.3, 0.4) is 0 Å². The Morgan fingerprint density at radius 2 is 2.00 bits per heavy atom.